The van der Waals surface area contributed by atoms with Crippen molar-refractivity contribution < 1.29 is 5.11 Å². The molecule has 0 amide bonds. The van der Waals surface area contributed by atoms with Gasteiger partial charge in [-0.1, -0.05) is 6.92 Å². The molecule has 1 saturated carbocycles. The molecule has 1 saturated heterocycles. The zero-order chi connectivity index (χ0) is 18.1. The molecule has 136 valence electrons. The minimum absolute atomic E-state index is 0.134. The molecule has 1 atom stereocenters. The fourth-order valence-electron chi connectivity index (χ4n) is 4.67. The Morgan fingerprint density at radius 1 is 1.27 bits per heavy atom. The fourth-order valence-corrected chi connectivity index (χ4v) is 4.67. The Labute approximate surface area is 154 Å². The number of fused-ring (bicyclic) bond motifs is 1. The number of benzene rings is 1. The predicted octanol–water partition coefficient (Wildman–Crippen LogP) is 3.06. The Balaban J connectivity index is 1.49. The van der Waals surface area contributed by atoms with Crippen LogP contribution >= 0.6 is 0 Å². The van der Waals surface area contributed by atoms with Crippen molar-refractivity contribution in [1.82, 2.24) is 14.9 Å². The van der Waals surface area contributed by atoms with Crippen molar-refractivity contribution in [2.75, 3.05) is 13.1 Å². The second-order valence-corrected chi connectivity index (χ2v) is 8.32. The Morgan fingerprint density at radius 3 is 2.77 bits per heavy atom. The third-order valence-electron chi connectivity index (χ3n) is 6.31. The van der Waals surface area contributed by atoms with Gasteiger partial charge < -0.3 is 5.11 Å². The van der Waals surface area contributed by atoms with Gasteiger partial charge in [-0.05, 0) is 62.1 Å². The van der Waals surface area contributed by atoms with Crippen LogP contribution in [-0.4, -0.2) is 45.2 Å². The standard InChI is InChI=1S/C21H26N4O/c1-21(7-4-16(5-8-21)25-9-6-17(26)13-25)11-20-18-10-15(12-22)2-3-19(18)23-14-24-20/h2-3,10,14,16-17,26H,4-9,11,13H2,1H3/t16-,17?,21-. The van der Waals surface area contributed by atoms with E-state index < -0.39 is 0 Å². The summed E-state index contributed by atoms with van der Waals surface area (Å²) in [4.78, 5) is 11.4. The molecule has 2 fully saturated rings. The topological polar surface area (TPSA) is 73.0 Å². The maximum absolute atomic E-state index is 9.79. The van der Waals surface area contributed by atoms with Gasteiger partial charge >= 0.3 is 0 Å². The third-order valence-corrected chi connectivity index (χ3v) is 6.31. The molecule has 2 aliphatic rings. The van der Waals surface area contributed by atoms with Crippen LogP contribution in [0.1, 0.15) is 50.3 Å². The summed E-state index contributed by atoms with van der Waals surface area (Å²) >= 11 is 0. The smallest absolute Gasteiger partial charge is 0.116 e. The van der Waals surface area contributed by atoms with Crippen molar-refractivity contribution in [3.05, 3.63) is 35.8 Å². The first-order valence-electron chi connectivity index (χ1n) is 9.62. The average molecular weight is 350 g/mol. The average Bonchev–Trinajstić information content (AvgIpc) is 3.08. The van der Waals surface area contributed by atoms with E-state index in [9.17, 15) is 10.4 Å². The van der Waals surface area contributed by atoms with Gasteiger partial charge in [0, 0.05) is 24.5 Å². The third kappa shape index (κ3) is 3.44. The summed E-state index contributed by atoms with van der Waals surface area (Å²) in [5, 5.41) is 20.0. The van der Waals surface area contributed by atoms with Crippen molar-refractivity contribution in [2.45, 2.75) is 57.6 Å². The Bertz CT molecular complexity index is 836. The molecule has 1 aliphatic heterocycles. The summed E-state index contributed by atoms with van der Waals surface area (Å²) in [6.45, 7) is 4.25. The Kier molecular flexibility index (Phi) is 4.64. The molecular weight excluding hydrogens is 324 g/mol. The zero-order valence-electron chi connectivity index (χ0n) is 15.4. The summed E-state index contributed by atoms with van der Waals surface area (Å²) in [5.74, 6) is 0. The van der Waals surface area contributed by atoms with Crippen LogP contribution in [0.25, 0.3) is 10.9 Å². The van der Waals surface area contributed by atoms with Gasteiger partial charge in [-0.2, -0.15) is 5.26 Å². The van der Waals surface area contributed by atoms with E-state index in [0.717, 1.165) is 42.5 Å². The molecule has 1 aromatic carbocycles. The molecule has 1 N–H and O–H groups in total. The van der Waals surface area contributed by atoms with Crippen LogP contribution in [0, 0.1) is 16.7 Å². The van der Waals surface area contributed by atoms with E-state index in [0.29, 0.717) is 11.6 Å². The highest BCUT2D eigenvalue weighted by molar-refractivity contribution is 5.82. The van der Waals surface area contributed by atoms with E-state index in [1.807, 2.05) is 18.2 Å². The molecular formula is C21H26N4O. The van der Waals surface area contributed by atoms with Crippen molar-refractivity contribution in [2.24, 2.45) is 5.41 Å². The van der Waals surface area contributed by atoms with Gasteiger partial charge in [-0.15, -0.1) is 0 Å². The van der Waals surface area contributed by atoms with Crippen LogP contribution in [0.2, 0.25) is 0 Å². The van der Waals surface area contributed by atoms with E-state index in [1.165, 1.54) is 25.7 Å². The van der Waals surface area contributed by atoms with E-state index in [1.54, 1.807) is 6.33 Å². The normalized spacial score (nSPS) is 29.7. The van der Waals surface area contributed by atoms with Gasteiger partial charge in [0.05, 0.1) is 28.9 Å². The predicted molar refractivity (Wildman–Crippen MR) is 101 cm³/mol. The lowest BCUT2D eigenvalue weighted by Crippen LogP contribution is -2.40. The van der Waals surface area contributed by atoms with Gasteiger partial charge in [0.25, 0.3) is 0 Å². The molecule has 2 heterocycles. The molecule has 0 bridgehead atoms. The summed E-state index contributed by atoms with van der Waals surface area (Å²) in [5.41, 5.74) is 2.87. The number of aliphatic hydroxyl groups excluding tert-OH is 1. The van der Waals surface area contributed by atoms with Crippen molar-refractivity contribution in [3.63, 3.8) is 0 Å². The number of rotatable bonds is 3. The lowest BCUT2D eigenvalue weighted by Gasteiger charge is -2.40. The van der Waals surface area contributed by atoms with Gasteiger partial charge in [0.2, 0.25) is 0 Å². The van der Waals surface area contributed by atoms with E-state index in [2.05, 4.69) is 27.9 Å². The maximum Gasteiger partial charge on any atom is 0.116 e. The van der Waals surface area contributed by atoms with Gasteiger partial charge in [-0.3, -0.25) is 4.90 Å². The van der Waals surface area contributed by atoms with E-state index in [-0.39, 0.29) is 11.5 Å². The molecule has 2 aromatic rings. The quantitative estimate of drug-likeness (QED) is 0.921. The highest BCUT2D eigenvalue weighted by atomic mass is 16.3. The van der Waals surface area contributed by atoms with Crippen LogP contribution in [0.15, 0.2) is 24.5 Å². The van der Waals surface area contributed by atoms with Crippen molar-refractivity contribution >= 4 is 10.9 Å². The summed E-state index contributed by atoms with van der Waals surface area (Å²) in [6.07, 6.45) is 8.08. The van der Waals surface area contributed by atoms with Crippen LogP contribution in [0.3, 0.4) is 0 Å². The van der Waals surface area contributed by atoms with Gasteiger partial charge in [0.15, 0.2) is 0 Å². The number of nitriles is 1. The molecule has 1 aliphatic carbocycles. The molecule has 1 aromatic heterocycles. The monoisotopic (exact) mass is 350 g/mol. The van der Waals surface area contributed by atoms with Crippen LogP contribution < -0.4 is 0 Å². The van der Waals surface area contributed by atoms with Crippen LogP contribution in [0.5, 0.6) is 0 Å². The summed E-state index contributed by atoms with van der Waals surface area (Å²) in [6, 6.07) is 8.49. The molecule has 0 radical (unpaired) electrons. The van der Waals surface area contributed by atoms with Gasteiger partial charge in [0.1, 0.15) is 6.33 Å². The summed E-state index contributed by atoms with van der Waals surface area (Å²) in [7, 11) is 0. The largest absolute Gasteiger partial charge is 0.392 e. The first-order chi connectivity index (χ1) is 12.6. The lowest BCUT2D eigenvalue weighted by molar-refractivity contribution is 0.0994. The van der Waals surface area contributed by atoms with E-state index >= 15 is 0 Å². The summed E-state index contributed by atoms with van der Waals surface area (Å²) < 4.78 is 0. The lowest BCUT2D eigenvalue weighted by atomic mass is 9.70. The zero-order valence-corrected chi connectivity index (χ0v) is 15.4. The number of hydrogen-bond acceptors (Lipinski definition) is 5. The first-order valence-corrected chi connectivity index (χ1v) is 9.62. The molecule has 26 heavy (non-hydrogen) atoms. The minimum Gasteiger partial charge on any atom is -0.392 e. The molecule has 5 heteroatoms. The second kappa shape index (κ2) is 6.94. The second-order valence-electron chi connectivity index (χ2n) is 8.32. The van der Waals surface area contributed by atoms with Crippen LogP contribution in [0.4, 0.5) is 0 Å². The number of β-amino-alcohol motifs (C(OH)–C–C–N with tert-alkyl or cyclic N) is 1. The highest BCUT2D eigenvalue weighted by Gasteiger charge is 2.36. The molecule has 0 spiro atoms. The maximum atomic E-state index is 9.79. The number of likely N-dealkylation sites (tertiary alicyclic amines) is 1. The molecule has 1 unspecified atom stereocenters. The fraction of sp³-hybridized carbons (Fsp3) is 0.571. The van der Waals surface area contributed by atoms with E-state index in [4.69, 9.17) is 0 Å². The minimum atomic E-state index is -0.134. The SMILES string of the molecule is C[C@]1(Cc2ncnc3ccc(C#N)cc23)CC[C@H](N2CCC(O)C2)CC1. The molecule has 5 nitrogen and oxygen atoms in total. The Hall–Kier alpha value is -2.03. The Morgan fingerprint density at radius 2 is 2.08 bits per heavy atom. The molecule has 4 rings (SSSR count). The number of hydrogen-bond donors (Lipinski definition) is 1. The van der Waals surface area contributed by atoms with Crippen molar-refractivity contribution in [1.29, 1.82) is 5.26 Å². The number of aromatic nitrogens is 2. The van der Waals surface area contributed by atoms with Crippen LogP contribution in [-0.2, 0) is 6.42 Å². The number of aliphatic hydroxyl groups is 1. The van der Waals surface area contributed by atoms with Gasteiger partial charge in [-0.25, -0.2) is 9.97 Å². The highest BCUT2D eigenvalue weighted by Crippen LogP contribution is 2.41. The van der Waals surface area contributed by atoms with Crippen molar-refractivity contribution in [3.8, 4) is 6.07 Å². The first kappa shape index (κ1) is 17.4. The number of nitrogens with zero attached hydrogens (tertiary/aromatic N) is 4.